The third kappa shape index (κ3) is 4.55. The molecule has 2 fully saturated rings. The number of nitrogens with zero attached hydrogens (tertiary/aromatic N) is 6. The summed E-state index contributed by atoms with van der Waals surface area (Å²) in [4.78, 5) is 10.7. The fraction of sp³-hybridized carbons (Fsp3) is 0.478. The molecule has 180 valence electrons. The van der Waals surface area contributed by atoms with Gasteiger partial charge in [-0.05, 0) is 61.4 Å². The first-order chi connectivity index (χ1) is 16.3. The molecular weight excluding hydrogens is 468 g/mol. The number of aromatic nitrogens is 5. The number of rotatable bonds is 7. The van der Waals surface area contributed by atoms with E-state index >= 15 is 0 Å². The molecule has 1 spiro atoms. The van der Waals surface area contributed by atoms with Crippen molar-refractivity contribution in [2.75, 3.05) is 25.4 Å². The highest BCUT2D eigenvalue weighted by atomic mass is 32.2. The average Bonchev–Trinajstić information content (AvgIpc) is 3.14. The summed E-state index contributed by atoms with van der Waals surface area (Å²) in [5.74, 6) is 0.822. The lowest BCUT2D eigenvalue weighted by Gasteiger charge is -2.16. The van der Waals surface area contributed by atoms with Gasteiger partial charge in [-0.3, -0.25) is 4.98 Å². The fourth-order valence-electron chi connectivity index (χ4n) is 4.93. The van der Waals surface area contributed by atoms with Gasteiger partial charge in [-0.15, -0.1) is 10.2 Å². The summed E-state index contributed by atoms with van der Waals surface area (Å²) in [7, 11) is 1.91. The van der Waals surface area contributed by atoms with Crippen LogP contribution in [-0.2, 0) is 13.2 Å². The topological polar surface area (TPSA) is 59.7 Å². The first-order valence-electron chi connectivity index (χ1n) is 11.1. The molecule has 11 heteroatoms. The number of hydrogen-bond donors (Lipinski definition) is 0. The Kier molecular flexibility index (Phi) is 6.09. The molecule has 0 N–H and O–H groups in total. The van der Waals surface area contributed by atoms with E-state index in [1.54, 1.807) is 30.4 Å². The second kappa shape index (κ2) is 8.92. The van der Waals surface area contributed by atoms with E-state index in [4.69, 9.17) is 0 Å². The third-order valence-corrected chi connectivity index (χ3v) is 7.94. The van der Waals surface area contributed by atoms with Crippen LogP contribution in [0.3, 0.4) is 0 Å². The molecule has 1 aromatic carbocycles. The summed E-state index contributed by atoms with van der Waals surface area (Å²) in [5, 5.41) is 9.29. The Hall–Kier alpha value is -2.53. The molecule has 1 saturated carbocycles. The highest BCUT2D eigenvalue weighted by molar-refractivity contribution is 7.99. The maximum atomic E-state index is 14.4. The number of thioether (sulfide) groups is 1. The lowest BCUT2D eigenvalue weighted by Crippen LogP contribution is -2.23. The van der Waals surface area contributed by atoms with E-state index in [9.17, 15) is 17.6 Å². The standard InChI is InChI=1S/C23H24F4N6S/c1-32-20(19-13-28-6-7-29-19)30-31-21(32)34-10-2-8-33-9-5-22(14-33)12-17(22)16-4-3-15(11-18(16)24)23(25,26)27/h3-4,6-7,11,13,17H,2,5,8-10,12,14H2,1H3/t17?,22-/m0/s1. The minimum atomic E-state index is -4.52. The highest BCUT2D eigenvalue weighted by Crippen LogP contribution is 2.64. The molecule has 0 radical (unpaired) electrons. The average molecular weight is 493 g/mol. The van der Waals surface area contributed by atoms with Crippen LogP contribution in [0, 0.1) is 11.2 Å². The monoisotopic (exact) mass is 492 g/mol. The van der Waals surface area contributed by atoms with Gasteiger partial charge in [0.25, 0.3) is 0 Å². The van der Waals surface area contributed by atoms with Gasteiger partial charge < -0.3 is 9.47 Å². The molecule has 34 heavy (non-hydrogen) atoms. The zero-order chi connectivity index (χ0) is 23.9. The van der Waals surface area contributed by atoms with Crippen molar-refractivity contribution in [3.8, 4) is 11.5 Å². The van der Waals surface area contributed by atoms with Crippen LogP contribution in [-0.4, -0.2) is 55.0 Å². The van der Waals surface area contributed by atoms with Crippen LogP contribution in [0.1, 0.15) is 36.3 Å². The fourth-order valence-corrected chi connectivity index (χ4v) is 5.76. The van der Waals surface area contributed by atoms with Gasteiger partial charge in [0.2, 0.25) is 0 Å². The SMILES string of the molecule is Cn1c(SCCCN2CC[C@]3(CC3c3ccc(C(F)(F)F)cc3F)C2)nnc1-c1cnccn1. The van der Waals surface area contributed by atoms with Crippen molar-refractivity contribution < 1.29 is 17.6 Å². The molecule has 2 aromatic heterocycles. The molecule has 1 saturated heterocycles. The van der Waals surface area contributed by atoms with Crippen molar-refractivity contribution in [1.29, 1.82) is 0 Å². The first kappa shape index (κ1) is 23.2. The van der Waals surface area contributed by atoms with Crippen LogP contribution in [0.4, 0.5) is 17.6 Å². The molecule has 0 amide bonds. The lowest BCUT2D eigenvalue weighted by atomic mass is 9.97. The van der Waals surface area contributed by atoms with Crippen molar-refractivity contribution in [2.24, 2.45) is 12.5 Å². The molecular formula is C23H24F4N6S. The second-order valence-corrected chi connectivity index (χ2v) is 10.1. The minimum Gasteiger partial charge on any atom is -0.304 e. The highest BCUT2D eigenvalue weighted by Gasteiger charge is 2.58. The molecule has 1 aliphatic carbocycles. The van der Waals surface area contributed by atoms with Gasteiger partial charge in [0.1, 0.15) is 11.5 Å². The van der Waals surface area contributed by atoms with Crippen molar-refractivity contribution in [2.45, 2.75) is 36.5 Å². The van der Waals surface area contributed by atoms with E-state index in [0.29, 0.717) is 23.1 Å². The molecule has 1 unspecified atom stereocenters. The number of benzene rings is 1. The Morgan fingerprint density at radius 2 is 2.06 bits per heavy atom. The van der Waals surface area contributed by atoms with Crippen LogP contribution in [0.25, 0.3) is 11.5 Å². The summed E-state index contributed by atoms with van der Waals surface area (Å²) in [6, 6.07) is 2.96. The zero-order valence-electron chi connectivity index (χ0n) is 18.6. The molecule has 2 atom stereocenters. The Balaban J connectivity index is 1.11. The van der Waals surface area contributed by atoms with Crippen molar-refractivity contribution in [3.05, 3.63) is 53.7 Å². The maximum absolute atomic E-state index is 14.4. The summed E-state index contributed by atoms with van der Waals surface area (Å²) in [6.45, 7) is 2.72. The van der Waals surface area contributed by atoms with Crippen LogP contribution in [0.5, 0.6) is 0 Å². The van der Waals surface area contributed by atoms with Gasteiger partial charge in [0.15, 0.2) is 11.0 Å². The van der Waals surface area contributed by atoms with E-state index in [0.717, 1.165) is 55.9 Å². The molecule has 3 aromatic rings. The number of hydrogen-bond acceptors (Lipinski definition) is 6. The van der Waals surface area contributed by atoms with Crippen LogP contribution >= 0.6 is 11.8 Å². The van der Waals surface area contributed by atoms with Gasteiger partial charge in [0, 0.05) is 31.7 Å². The molecule has 3 heterocycles. The quantitative estimate of drug-likeness (QED) is 0.269. The molecule has 2 aliphatic rings. The van der Waals surface area contributed by atoms with E-state index < -0.39 is 17.6 Å². The Morgan fingerprint density at radius 1 is 1.21 bits per heavy atom. The molecule has 6 nitrogen and oxygen atoms in total. The van der Waals surface area contributed by atoms with Crippen molar-refractivity contribution >= 4 is 11.8 Å². The zero-order valence-corrected chi connectivity index (χ0v) is 19.4. The Morgan fingerprint density at radius 3 is 2.79 bits per heavy atom. The molecule has 1 aliphatic heterocycles. The van der Waals surface area contributed by atoms with Crippen LogP contribution < -0.4 is 0 Å². The predicted octanol–water partition coefficient (Wildman–Crippen LogP) is 4.79. The van der Waals surface area contributed by atoms with Crippen molar-refractivity contribution in [1.82, 2.24) is 29.6 Å². The summed E-state index contributed by atoms with van der Waals surface area (Å²) in [5.41, 5.74) is 0.172. The van der Waals surface area contributed by atoms with Crippen LogP contribution in [0.2, 0.25) is 0 Å². The Bertz CT molecular complexity index is 1170. The number of alkyl halides is 3. The second-order valence-electron chi connectivity index (χ2n) is 9.04. The summed E-state index contributed by atoms with van der Waals surface area (Å²) in [6.07, 6.45) is 3.13. The van der Waals surface area contributed by atoms with Gasteiger partial charge >= 0.3 is 6.18 Å². The van der Waals surface area contributed by atoms with E-state index in [-0.39, 0.29) is 11.3 Å². The Labute approximate surface area is 198 Å². The number of halogens is 4. The van der Waals surface area contributed by atoms with E-state index in [1.165, 1.54) is 6.07 Å². The third-order valence-electron chi connectivity index (χ3n) is 6.83. The van der Waals surface area contributed by atoms with E-state index in [2.05, 4.69) is 25.1 Å². The predicted molar refractivity (Wildman–Crippen MR) is 120 cm³/mol. The van der Waals surface area contributed by atoms with E-state index in [1.807, 2.05) is 11.6 Å². The van der Waals surface area contributed by atoms with Crippen LogP contribution in [0.15, 0.2) is 41.9 Å². The van der Waals surface area contributed by atoms with Crippen molar-refractivity contribution in [3.63, 3.8) is 0 Å². The smallest absolute Gasteiger partial charge is 0.304 e. The van der Waals surface area contributed by atoms with Gasteiger partial charge in [0.05, 0.1) is 11.8 Å². The summed E-state index contributed by atoms with van der Waals surface area (Å²) >= 11 is 1.64. The number of likely N-dealkylation sites (tertiary alicyclic amines) is 1. The molecule has 0 bridgehead atoms. The van der Waals surface area contributed by atoms with Gasteiger partial charge in [-0.1, -0.05) is 17.8 Å². The first-order valence-corrected chi connectivity index (χ1v) is 12.1. The van der Waals surface area contributed by atoms with Gasteiger partial charge in [-0.25, -0.2) is 9.37 Å². The summed E-state index contributed by atoms with van der Waals surface area (Å²) < 4.78 is 54.8. The molecule has 5 rings (SSSR count). The lowest BCUT2D eigenvalue weighted by molar-refractivity contribution is -0.137. The normalized spacial score (nSPS) is 22.6. The maximum Gasteiger partial charge on any atom is 0.416 e. The largest absolute Gasteiger partial charge is 0.416 e. The van der Waals surface area contributed by atoms with Gasteiger partial charge in [-0.2, -0.15) is 13.2 Å². The minimum absolute atomic E-state index is 0.00292.